The zero-order valence-corrected chi connectivity index (χ0v) is 16.7. The van der Waals surface area contributed by atoms with E-state index < -0.39 is 5.97 Å². The van der Waals surface area contributed by atoms with Crippen LogP contribution in [0.4, 0.5) is 11.5 Å². The second-order valence-electron chi connectivity index (χ2n) is 6.83. The minimum atomic E-state index is -1.12. The minimum absolute atomic E-state index is 0.0109. The fourth-order valence-electron chi connectivity index (χ4n) is 3.52. The number of carbonyl (C=O) groups is 1. The van der Waals surface area contributed by atoms with Crippen LogP contribution in [0, 0.1) is 0 Å². The lowest BCUT2D eigenvalue weighted by molar-refractivity contribution is 0.0447. The monoisotopic (exact) mass is 405 g/mol. The van der Waals surface area contributed by atoms with Crippen LogP contribution >= 0.6 is 0 Å². The van der Waals surface area contributed by atoms with Crippen molar-refractivity contribution in [3.8, 4) is 11.5 Å². The summed E-state index contributed by atoms with van der Waals surface area (Å²) in [5, 5.41) is 17.5. The number of nitrogens with one attached hydrogen (secondary N) is 1. The molecule has 0 unspecified atom stereocenters. The summed E-state index contributed by atoms with van der Waals surface area (Å²) in [6.07, 6.45) is 7.40. The Kier molecular flexibility index (Phi) is 7.31. The van der Waals surface area contributed by atoms with Gasteiger partial charge in [0.15, 0.2) is 13.6 Å². The molecule has 9 heteroatoms. The van der Waals surface area contributed by atoms with E-state index in [-0.39, 0.29) is 24.9 Å². The highest BCUT2D eigenvalue weighted by molar-refractivity contribution is 5.98. The van der Waals surface area contributed by atoms with E-state index in [2.05, 4.69) is 10.4 Å². The number of hydrogen-bond acceptors (Lipinski definition) is 7. The van der Waals surface area contributed by atoms with Gasteiger partial charge in [0.25, 0.3) is 0 Å². The van der Waals surface area contributed by atoms with Gasteiger partial charge in [0.05, 0.1) is 17.9 Å². The third kappa shape index (κ3) is 5.18. The van der Waals surface area contributed by atoms with E-state index >= 15 is 0 Å². The van der Waals surface area contributed by atoms with E-state index in [9.17, 15) is 9.90 Å². The first-order valence-corrected chi connectivity index (χ1v) is 9.59. The molecular formula is C20H27N3O6. The number of hydrogen-bond donors (Lipinski definition) is 2. The predicted molar refractivity (Wildman–Crippen MR) is 106 cm³/mol. The molecule has 1 aromatic heterocycles. The number of anilines is 2. The zero-order valence-electron chi connectivity index (χ0n) is 16.7. The third-order valence-corrected chi connectivity index (χ3v) is 4.82. The molecule has 1 aliphatic rings. The maximum atomic E-state index is 12.0. The second kappa shape index (κ2) is 10.1. The Bertz CT molecular complexity index is 817. The van der Waals surface area contributed by atoms with Gasteiger partial charge in [-0.1, -0.05) is 19.3 Å². The van der Waals surface area contributed by atoms with Crippen molar-refractivity contribution in [2.24, 2.45) is 0 Å². The lowest BCUT2D eigenvalue weighted by atomic mass is 9.96. The topological polar surface area (TPSA) is 104 Å². The Hall–Kier alpha value is -2.78. The molecule has 1 aliphatic carbocycles. The standard InChI is InChI=1S/C20H27N3O6/c1-26-12-28-15-10-16(19(20(24)25)17(11-15)29-13-27-2)22-18-8-9-21-23(18)14-6-4-3-5-7-14/h8-11,14,22H,3-7,12-13H2,1-2H3,(H,24,25). The van der Waals surface area contributed by atoms with Crippen LogP contribution in [0.2, 0.25) is 0 Å². The van der Waals surface area contributed by atoms with E-state index in [1.54, 1.807) is 12.3 Å². The molecule has 1 saturated carbocycles. The van der Waals surface area contributed by atoms with Gasteiger partial charge in [-0.2, -0.15) is 5.10 Å². The van der Waals surface area contributed by atoms with Crippen molar-refractivity contribution in [2.75, 3.05) is 33.1 Å². The molecule has 0 spiro atoms. The molecule has 29 heavy (non-hydrogen) atoms. The summed E-state index contributed by atoms with van der Waals surface area (Å²) in [5.74, 6) is 0.148. The summed E-state index contributed by atoms with van der Waals surface area (Å²) in [7, 11) is 2.98. The summed E-state index contributed by atoms with van der Waals surface area (Å²) in [6, 6.07) is 5.25. The van der Waals surface area contributed by atoms with E-state index in [1.165, 1.54) is 39.5 Å². The van der Waals surface area contributed by atoms with Crippen LogP contribution < -0.4 is 14.8 Å². The molecule has 3 rings (SSSR count). The number of ether oxygens (including phenoxy) is 4. The average Bonchev–Trinajstić information content (AvgIpc) is 3.19. The molecule has 9 nitrogen and oxygen atoms in total. The maximum Gasteiger partial charge on any atom is 0.341 e. The smallest absolute Gasteiger partial charge is 0.341 e. The maximum absolute atomic E-state index is 12.0. The van der Waals surface area contributed by atoms with Gasteiger partial charge in [-0.25, -0.2) is 9.48 Å². The van der Waals surface area contributed by atoms with Crippen LogP contribution in [0.3, 0.4) is 0 Å². The van der Waals surface area contributed by atoms with Crippen molar-refractivity contribution in [1.29, 1.82) is 0 Å². The van der Waals surface area contributed by atoms with Crippen LogP contribution in [0.1, 0.15) is 48.5 Å². The lowest BCUT2D eigenvalue weighted by Gasteiger charge is -2.24. The van der Waals surface area contributed by atoms with Crippen LogP contribution in [-0.2, 0) is 9.47 Å². The van der Waals surface area contributed by atoms with Crippen molar-refractivity contribution >= 4 is 17.5 Å². The first-order chi connectivity index (χ1) is 14.1. The Balaban J connectivity index is 1.96. The third-order valence-electron chi connectivity index (χ3n) is 4.82. The van der Waals surface area contributed by atoms with Crippen LogP contribution in [0.15, 0.2) is 24.4 Å². The van der Waals surface area contributed by atoms with Gasteiger partial charge in [-0.15, -0.1) is 0 Å². The molecule has 1 fully saturated rings. The molecule has 2 N–H and O–H groups in total. The summed E-state index contributed by atoms with van der Waals surface area (Å²) >= 11 is 0. The van der Waals surface area contributed by atoms with Gasteiger partial charge >= 0.3 is 5.97 Å². The summed E-state index contributed by atoms with van der Waals surface area (Å²) < 4.78 is 22.8. The number of benzene rings is 1. The van der Waals surface area contributed by atoms with Crippen molar-refractivity contribution in [3.05, 3.63) is 30.0 Å². The van der Waals surface area contributed by atoms with Crippen molar-refractivity contribution in [3.63, 3.8) is 0 Å². The number of methoxy groups -OCH3 is 2. The van der Waals surface area contributed by atoms with Crippen molar-refractivity contribution in [2.45, 2.75) is 38.1 Å². The second-order valence-corrected chi connectivity index (χ2v) is 6.83. The first kappa shape index (κ1) is 20.9. The highest BCUT2D eigenvalue weighted by atomic mass is 16.7. The molecule has 0 atom stereocenters. The molecule has 0 radical (unpaired) electrons. The number of aromatic carboxylic acids is 1. The first-order valence-electron chi connectivity index (χ1n) is 9.59. The van der Waals surface area contributed by atoms with Crippen LogP contribution in [-0.4, -0.2) is 48.7 Å². The Morgan fingerprint density at radius 3 is 2.59 bits per heavy atom. The highest BCUT2D eigenvalue weighted by Gasteiger charge is 2.23. The van der Waals surface area contributed by atoms with E-state index in [1.807, 2.05) is 10.7 Å². The lowest BCUT2D eigenvalue weighted by Crippen LogP contribution is -2.17. The van der Waals surface area contributed by atoms with E-state index in [4.69, 9.17) is 18.9 Å². The fraction of sp³-hybridized carbons (Fsp3) is 0.500. The Morgan fingerprint density at radius 2 is 1.90 bits per heavy atom. The number of carboxylic acid groups (broad SMARTS) is 1. The Labute approximate surface area is 169 Å². The molecule has 0 saturated heterocycles. The Morgan fingerprint density at radius 1 is 1.17 bits per heavy atom. The molecule has 0 aliphatic heterocycles. The zero-order chi connectivity index (χ0) is 20.6. The summed E-state index contributed by atoms with van der Waals surface area (Å²) in [4.78, 5) is 12.0. The number of rotatable bonds is 10. The van der Waals surface area contributed by atoms with E-state index in [0.717, 1.165) is 18.7 Å². The number of aromatic nitrogens is 2. The summed E-state index contributed by atoms with van der Waals surface area (Å²) in [5.41, 5.74) is 0.331. The highest BCUT2D eigenvalue weighted by Crippen LogP contribution is 2.36. The van der Waals surface area contributed by atoms with Crippen molar-refractivity contribution < 1.29 is 28.8 Å². The molecule has 1 heterocycles. The predicted octanol–water partition coefficient (Wildman–Crippen LogP) is 3.80. The minimum Gasteiger partial charge on any atom is -0.477 e. The summed E-state index contributed by atoms with van der Waals surface area (Å²) in [6.45, 7) is -0.0664. The molecule has 0 amide bonds. The van der Waals surface area contributed by atoms with Gasteiger partial charge in [0.2, 0.25) is 0 Å². The van der Waals surface area contributed by atoms with Gasteiger partial charge in [0.1, 0.15) is 22.9 Å². The van der Waals surface area contributed by atoms with Crippen LogP contribution in [0.25, 0.3) is 0 Å². The van der Waals surface area contributed by atoms with Crippen LogP contribution in [0.5, 0.6) is 11.5 Å². The fourth-order valence-corrected chi connectivity index (χ4v) is 3.52. The van der Waals surface area contributed by atoms with E-state index in [0.29, 0.717) is 17.5 Å². The average molecular weight is 405 g/mol. The molecular weight excluding hydrogens is 378 g/mol. The van der Waals surface area contributed by atoms with Gasteiger partial charge in [-0.3, -0.25) is 0 Å². The normalized spacial score (nSPS) is 14.6. The quantitative estimate of drug-likeness (QED) is 0.575. The molecule has 158 valence electrons. The molecule has 0 bridgehead atoms. The van der Waals surface area contributed by atoms with Gasteiger partial charge < -0.3 is 29.4 Å². The van der Waals surface area contributed by atoms with Gasteiger partial charge in [0, 0.05) is 32.4 Å². The van der Waals surface area contributed by atoms with Crippen molar-refractivity contribution in [1.82, 2.24) is 9.78 Å². The molecule has 2 aromatic rings. The molecule has 1 aromatic carbocycles. The largest absolute Gasteiger partial charge is 0.477 e. The number of carboxylic acids is 1. The van der Waals surface area contributed by atoms with Gasteiger partial charge in [-0.05, 0) is 12.8 Å². The SMILES string of the molecule is COCOc1cc(Nc2ccnn2C2CCCCC2)c(C(=O)O)c(OCOC)c1. The number of nitrogens with zero attached hydrogens (tertiary/aromatic N) is 2.